The molecule has 0 amide bonds. The maximum atomic E-state index is 11.8. The van der Waals surface area contributed by atoms with Crippen LogP contribution in [0.2, 0.25) is 0 Å². The summed E-state index contributed by atoms with van der Waals surface area (Å²) in [5.41, 5.74) is 0. The molecular weight excluding hydrogens is 308 g/mol. The predicted molar refractivity (Wildman–Crippen MR) is 90.5 cm³/mol. The van der Waals surface area contributed by atoms with E-state index in [2.05, 4.69) is 6.92 Å². The molecule has 2 aliphatic rings. The van der Waals surface area contributed by atoms with E-state index in [4.69, 9.17) is 14.2 Å². The highest BCUT2D eigenvalue weighted by atomic mass is 16.6. The molecule has 2 atom stereocenters. The summed E-state index contributed by atoms with van der Waals surface area (Å²) in [5, 5.41) is 0. The second-order valence-corrected chi connectivity index (χ2v) is 7.40. The molecule has 0 aromatic carbocycles. The molecule has 2 unspecified atom stereocenters. The third-order valence-corrected chi connectivity index (χ3v) is 5.01. The molecule has 2 fully saturated rings. The summed E-state index contributed by atoms with van der Waals surface area (Å²) in [6.45, 7) is 4.90. The topological polar surface area (TPSA) is 61.8 Å². The summed E-state index contributed by atoms with van der Waals surface area (Å²) in [7, 11) is 0. The summed E-state index contributed by atoms with van der Waals surface area (Å²) in [6.07, 6.45) is 8.21. The van der Waals surface area contributed by atoms with Crippen LogP contribution in [0.1, 0.15) is 78.1 Å². The first-order valence-electron chi connectivity index (χ1n) is 9.53. The summed E-state index contributed by atoms with van der Waals surface area (Å²) in [5.74, 6) is 0.467. The number of ether oxygens (including phenoxy) is 3. The van der Waals surface area contributed by atoms with Crippen LogP contribution in [0.25, 0.3) is 0 Å². The summed E-state index contributed by atoms with van der Waals surface area (Å²) < 4.78 is 16.4. The van der Waals surface area contributed by atoms with E-state index in [1.165, 1.54) is 0 Å². The minimum absolute atomic E-state index is 0.0140. The number of carbonyl (C=O) groups excluding carboxylic acids is 2. The summed E-state index contributed by atoms with van der Waals surface area (Å²) >= 11 is 0. The van der Waals surface area contributed by atoms with Gasteiger partial charge in [0, 0.05) is 25.7 Å². The Morgan fingerprint density at radius 2 is 1.46 bits per heavy atom. The van der Waals surface area contributed by atoms with E-state index in [9.17, 15) is 9.59 Å². The van der Waals surface area contributed by atoms with Crippen molar-refractivity contribution >= 4 is 11.9 Å². The van der Waals surface area contributed by atoms with Gasteiger partial charge in [-0.1, -0.05) is 6.92 Å². The molecule has 5 nitrogen and oxygen atoms in total. The van der Waals surface area contributed by atoms with Gasteiger partial charge in [-0.15, -0.1) is 0 Å². The largest absolute Gasteiger partial charge is 0.462 e. The summed E-state index contributed by atoms with van der Waals surface area (Å²) in [6, 6.07) is 0. The van der Waals surface area contributed by atoms with Gasteiger partial charge in [0.15, 0.2) is 0 Å². The average Bonchev–Trinajstić information content (AvgIpc) is 2.54. The van der Waals surface area contributed by atoms with Crippen molar-refractivity contribution in [3.8, 4) is 0 Å². The Kier molecular flexibility index (Phi) is 8.03. The molecule has 1 saturated heterocycles. The van der Waals surface area contributed by atoms with Crippen molar-refractivity contribution in [1.82, 2.24) is 0 Å². The number of esters is 2. The fraction of sp³-hybridized carbons (Fsp3) is 0.895. The normalized spacial score (nSPS) is 30.6. The first-order valence-corrected chi connectivity index (χ1v) is 9.53. The first kappa shape index (κ1) is 19.2. The smallest absolute Gasteiger partial charge is 0.306 e. The zero-order valence-electron chi connectivity index (χ0n) is 15.1. The standard InChI is InChI=1S/C19H32O5/c1-14-7-9-16(10-8-14)23-18(20)5-3-4-6-19(21)24-17-11-12-22-15(2)13-17/h14-17H,3-13H2,1-2H3. The minimum Gasteiger partial charge on any atom is -0.462 e. The third kappa shape index (κ3) is 7.20. The van der Waals surface area contributed by atoms with Crippen LogP contribution in [0.4, 0.5) is 0 Å². The quantitative estimate of drug-likeness (QED) is 0.521. The van der Waals surface area contributed by atoms with Crippen molar-refractivity contribution in [2.75, 3.05) is 6.61 Å². The molecule has 2 rings (SSSR count). The molecule has 138 valence electrons. The monoisotopic (exact) mass is 340 g/mol. The number of hydrogen-bond acceptors (Lipinski definition) is 5. The van der Waals surface area contributed by atoms with E-state index in [-0.39, 0.29) is 30.3 Å². The highest BCUT2D eigenvalue weighted by molar-refractivity contribution is 5.70. The van der Waals surface area contributed by atoms with Gasteiger partial charge >= 0.3 is 11.9 Å². The van der Waals surface area contributed by atoms with Crippen molar-refractivity contribution < 1.29 is 23.8 Å². The molecule has 0 spiro atoms. The minimum atomic E-state index is -0.163. The van der Waals surface area contributed by atoms with Crippen LogP contribution >= 0.6 is 0 Å². The zero-order valence-corrected chi connectivity index (χ0v) is 15.1. The Morgan fingerprint density at radius 3 is 2.04 bits per heavy atom. The lowest BCUT2D eigenvalue weighted by Gasteiger charge is -2.27. The highest BCUT2D eigenvalue weighted by Crippen LogP contribution is 2.26. The lowest BCUT2D eigenvalue weighted by molar-refractivity contribution is -0.156. The van der Waals surface area contributed by atoms with Crippen molar-refractivity contribution in [2.24, 2.45) is 5.92 Å². The Morgan fingerprint density at radius 1 is 0.875 bits per heavy atom. The van der Waals surface area contributed by atoms with Crippen LogP contribution in [0.5, 0.6) is 0 Å². The van der Waals surface area contributed by atoms with Gasteiger partial charge in [-0.2, -0.15) is 0 Å². The molecule has 0 N–H and O–H groups in total. The fourth-order valence-corrected chi connectivity index (χ4v) is 3.44. The first-order chi connectivity index (χ1) is 11.5. The Labute approximate surface area is 145 Å². The molecule has 0 bridgehead atoms. The van der Waals surface area contributed by atoms with Gasteiger partial charge in [0.05, 0.1) is 12.7 Å². The van der Waals surface area contributed by atoms with Crippen LogP contribution in [0, 0.1) is 5.92 Å². The van der Waals surface area contributed by atoms with E-state index in [1.807, 2.05) is 6.92 Å². The molecule has 0 aromatic heterocycles. The van der Waals surface area contributed by atoms with Crippen molar-refractivity contribution in [3.05, 3.63) is 0 Å². The van der Waals surface area contributed by atoms with E-state index < -0.39 is 0 Å². The number of unbranched alkanes of at least 4 members (excludes halogenated alkanes) is 1. The van der Waals surface area contributed by atoms with E-state index in [0.717, 1.165) is 44.4 Å². The Hall–Kier alpha value is -1.10. The molecule has 0 aromatic rings. The van der Waals surface area contributed by atoms with Crippen LogP contribution in [-0.4, -0.2) is 36.9 Å². The summed E-state index contributed by atoms with van der Waals surface area (Å²) in [4.78, 5) is 23.7. The van der Waals surface area contributed by atoms with Crippen molar-refractivity contribution in [3.63, 3.8) is 0 Å². The number of carbonyl (C=O) groups is 2. The fourth-order valence-electron chi connectivity index (χ4n) is 3.44. The van der Waals surface area contributed by atoms with Crippen molar-refractivity contribution in [1.29, 1.82) is 0 Å². The Balaban J connectivity index is 1.50. The molecule has 1 aliphatic heterocycles. The van der Waals surface area contributed by atoms with Gasteiger partial charge in [-0.05, 0) is 51.4 Å². The van der Waals surface area contributed by atoms with Gasteiger partial charge in [-0.25, -0.2) is 0 Å². The van der Waals surface area contributed by atoms with Crippen LogP contribution in [-0.2, 0) is 23.8 Å². The average molecular weight is 340 g/mol. The molecule has 1 aliphatic carbocycles. The van der Waals surface area contributed by atoms with E-state index in [0.29, 0.717) is 32.3 Å². The Bertz CT molecular complexity index is 401. The lowest BCUT2D eigenvalue weighted by Crippen LogP contribution is -2.30. The van der Waals surface area contributed by atoms with Gasteiger partial charge in [0.1, 0.15) is 12.2 Å². The number of rotatable bonds is 7. The van der Waals surface area contributed by atoms with Crippen molar-refractivity contribution in [2.45, 2.75) is 96.4 Å². The third-order valence-electron chi connectivity index (χ3n) is 5.01. The molecule has 1 saturated carbocycles. The molecule has 5 heteroatoms. The maximum Gasteiger partial charge on any atom is 0.306 e. The SMILES string of the molecule is CC1CCC(OC(=O)CCCCC(=O)OC2CCOC(C)C2)CC1. The molecule has 0 radical (unpaired) electrons. The lowest BCUT2D eigenvalue weighted by atomic mass is 9.89. The van der Waals surface area contributed by atoms with Gasteiger partial charge < -0.3 is 14.2 Å². The second-order valence-electron chi connectivity index (χ2n) is 7.40. The predicted octanol–water partition coefficient (Wildman–Crippen LogP) is 3.78. The van der Waals surface area contributed by atoms with Gasteiger partial charge in [0.25, 0.3) is 0 Å². The molecular formula is C19H32O5. The van der Waals surface area contributed by atoms with Gasteiger partial charge in [0.2, 0.25) is 0 Å². The number of hydrogen-bond donors (Lipinski definition) is 0. The van der Waals surface area contributed by atoms with Crippen LogP contribution in [0.3, 0.4) is 0 Å². The molecule has 24 heavy (non-hydrogen) atoms. The van der Waals surface area contributed by atoms with Crippen LogP contribution in [0.15, 0.2) is 0 Å². The zero-order chi connectivity index (χ0) is 17.4. The second kappa shape index (κ2) is 10.0. The highest BCUT2D eigenvalue weighted by Gasteiger charge is 2.23. The molecule has 1 heterocycles. The van der Waals surface area contributed by atoms with Crippen LogP contribution < -0.4 is 0 Å². The van der Waals surface area contributed by atoms with E-state index >= 15 is 0 Å². The van der Waals surface area contributed by atoms with E-state index in [1.54, 1.807) is 0 Å². The maximum absolute atomic E-state index is 11.8. The van der Waals surface area contributed by atoms with Gasteiger partial charge in [-0.3, -0.25) is 9.59 Å².